The molecule has 0 aromatic carbocycles. The molecular weight excluding hydrogens is 246 g/mol. The molecule has 0 bridgehead atoms. The highest BCUT2D eigenvalue weighted by atomic mass is 16.3. The average Bonchev–Trinajstić information content (AvgIpc) is 2.42. The van der Waals surface area contributed by atoms with Gasteiger partial charge in [-0.15, -0.1) is 0 Å². The van der Waals surface area contributed by atoms with Crippen LogP contribution in [0.3, 0.4) is 0 Å². The second-order valence-electron chi connectivity index (χ2n) is 7.93. The molecule has 0 saturated carbocycles. The summed E-state index contributed by atoms with van der Waals surface area (Å²) in [5.41, 5.74) is 0.474. The van der Waals surface area contributed by atoms with Crippen LogP contribution >= 0.6 is 0 Å². The zero-order valence-corrected chi connectivity index (χ0v) is 15.1. The Labute approximate surface area is 127 Å². The summed E-state index contributed by atoms with van der Waals surface area (Å²) in [5, 5.41) is 3.22. The Morgan fingerprint density at radius 3 is 2.00 bits per heavy atom. The normalized spacial score (nSPS) is 20.0. The maximum Gasteiger partial charge on any atom is 0.0942 e. The highest BCUT2D eigenvalue weighted by Crippen LogP contribution is 2.41. The van der Waals surface area contributed by atoms with Gasteiger partial charge in [0.25, 0.3) is 0 Å². The molecule has 0 aliphatic rings. The summed E-state index contributed by atoms with van der Waals surface area (Å²) in [4.78, 5) is 10.7. The molecular formula is C18H37NO. The predicted octanol–water partition coefficient (Wildman–Crippen LogP) is 6.44. The SMILES string of the molecule is CCC(C)C(C)(CC)CC(C)CCC(C)(C)C(C)N=O. The summed E-state index contributed by atoms with van der Waals surface area (Å²) < 4.78 is 0. The van der Waals surface area contributed by atoms with Crippen LogP contribution in [0.4, 0.5) is 0 Å². The van der Waals surface area contributed by atoms with Gasteiger partial charge < -0.3 is 0 Å². The van der Waals surface area contributed by atoms with Gasteiger partial charge in [0.15, 0.2) is 0 Å². The molecule has 0 aromatic heterocycles. The van der Waals surface area contributed by atoms with Crippen LogP contribution in [0.25, 0.3) is 0 Å². The molecule has 2 heteroatoms. The molecule has 0 amide bonds. The Morgan fingerprint density at radius 1 is 1.05 bits per heavy atom. The molecule has 120 valence electrons. The van der Waals surface area contributed by atoms with E-state index in [0.717, 1.165) is 12.3 Å². The van der Waals surface area contributed by atoms with Crippen molar-refractivity contribution in [1.82, 2.24) is 0 Å². The number of nitrogens with zero attached hydrogens (tertiary/aromatic N) is 1. The molecule has 0 aromatic rings. The summed E-state index contributed by atoms with van der Waals surface area (Å²) >= 11 is 0. The largest absolute Gasteiger partial charge is 0.151 e. The summed E-state index contributed by atoms with van der Waals surface area (Å²) in [6.45, 7) is 18.1. The van der Waals surface area contributed by atoms with Crippen molar-refractivity contribution in [2.45, 2.75) is 93.5 Å². The first-order valence-electron chi connectivity index (χ1n) is 8.45. The predicted molar refractivity (Wildman–Crippen MR) is 89.9 cm³/mol. The molecule has 4 unspecified atom stereocenters. The molecule has 0 rings (SSSR count). The highest BCUT2D eigenvalue weighted by Gasteiger charge is 2.32. The molecule has 0 heterocycles. The maximum absolute atomic E-state index is 10.7. The van der Waals surface area contributed by atoms with E-state index in [4.69, 9.17) is 0 Å². The lowest BCUT2D eigenvalue weighted by atomic mass is 9.68. The molecule has 0 radical (unpaired) electrons. The van der Waals surface area contributed by atoms with Gasteiger partial charge in [-0.2, -0.15) is 4.91 Å². The monoisotopic (exact) mass is 283 g/mol. The smallest absolute Gasteiger partial charge is 0.0942 e. The zero-order valence-electron chi connectivity index (χ0n) is 15.1. The third-order valence-electron chi connectivity index (χ3n) is 6.00. The Balaban J connectivity index is 4.49. The van der Waals surface area contributed by atoms with Crippen LogP contribution in [0.15, 0.2) is 5.18 Å². The first kappa shape index (κ1) is 19.6. The van der Waals surface area contributed by atoms with Crippen LogP contribution in [0, 0.1) is 27.6 Å². The minimum atomic E-state index is -0.0955. The minimum absolute atomic E-state index is 0.0228. The van der Waals surface area contributed by atoms with E-state index in [-0.39, 0.29) is 11.5 Å². The highest BCUT2D eigenvalue weighted by molar-refractivity contribution is 4.83. The lowest BCUT2D eigenvalue weighted by Gasteiger charge is -2.38. The van der Waals surface area contributed by atoms with E-state index in [1.165, 1.54) is 25.7 Å². The van der Waals surface area contributed by atoms with Gasteiger partial charge in [0.1, 0.15) is 0 Å². The summed E-state index contributed by atoms with van der Waals surface area (Å²) in [7, 11) is 0. The lowest BCUT2D eigenvalue weighted by molar-refractivity contribution is 0.132. The van der Waals surface area contributed by atoms with Crippen LogP contribution < -0.4 is 0 Å². The maximum atomic E-state index is 10.7. The lowest BCUT2D eigenvalue weighted by Crippen LogP contribution is -2.28. The Bertz CT molecular complexity index is 287. The fourth-order valence-electron chi connectivity index (χ4n) is 3.05. The van der Waals surface area contributed by atoms with E-state index in [0.29, 0.717) is 11.3 Å². The molecule has 2 nitrogen and oxygen atoms in total. The van der Waals surface area contributed by atoms with E-state index in [9.17, 15) is 4.91 Å². The summed E-state index contributed by atoms with van der Waals surface area (Å²) in [6.07, 6.45) is 6.08. The summed E-state index contributed by atoms with van der Waals surface area (Å²) in [5.74, 6) is 1.49. The van der Waals surface area contributed by atoms with Gasteiger partial charge in [-0.3, -0.25) is 0 Å². The fraction of sp³-hybridized carbons (Fsp3) is 1.00. The van der Waals surface area contributed by atoms with Gasteiger partial charge in [0, 0.05) is 0 Å². The number of hydrogen-bond donors (Lipinski definition) is 0. The molecule has 0 aliphatic heterocycles. The summed E-state index contributed by atoms with van der Waals surface area (Å²) in [6, 6.07) is -0.0955. The first-order chi connectivity index (χ1) is 9.12. The number of nitroso groups, excluding NO2 is 1. The van der Waals surface area contributed by atoms with Crippen molar-refractivity contribution in [3.05, 3.63) is 4.91 Å². The molecule has 20 heavy (non-hydrogen) atoms. The second kappa shape index (κ2) is 8.14. The van der Waals surface area contributed by atoms with Crippen LogP contribution in [-0.4, -0.2) is 6.04 Å². The van der Waals surface area contributed by atoms with Crippen molar-refractivity contribution in [2.75, 3.05) is 0 Å². The van der Waals surface area contributed by atoms with Crippen LogP contribution in [0.2, 0.25) is 0 Å². The minimum Gasteiger partial charge on any atom is -0.151 e. The zero-order chi connectivity index (χ0) is 16.0. The van der Waals surface area contributed by atoms with Gasteiger partial charge in [-0.25, -0.2) is 0 Å². The van der Waals surface area contributed by atoms with Crippen molar-refractivity contribution >= 4 is 0 Å². The third-order valence-corrected chi connectivity index (χ3v) is 6.00. The van der Waals surface area contributed by atoms with E-state index in [2.05, 4.69) is 53.6 Å². The van der Waals surface area contributed by atoms with Crippen molar-refractivity contribution in [2.24, 2.45) is 27.8 Å². The topological polar surface area (TPSA) is 29.4 Å². The molecule has 0 spiro atoms. The Morgan fingerprint density at radius 2 is 1.60 bits per heavy atom. The average molecular weight is 284 g/mol. The van der Waals surface area contributed by atoms with Crippen molar-refractivity contribution < 1.29 is 0 Å². The molecule has 0 N–H and O–H groups in total. The molecule has 0 saturated heterocycles. The van der Waals surface area contributed by atoms with E-state index >= 15 is 0 Å². The van der Waals surface area contributed by atoms with E-state index < -0.39 is 0 Å². The number of rotatable bonds is 10. The van der Waals surface area contributed by atoms with Gasteiger partial charge >= 0.3 is 0 Å². The standard InChI is InChI=1S/C18H37NO/c1-9-15(4)18(8,10-2)13-14(3)11-12-17(6,7)16(5)19-20/h14-16H,9-13H2,1-8H3. The van der Waals surface area contributed by atoms with Gasteiger partial charge in [-0.05, 0) is 42.4 Å². The van der Waals surface area contributed by atoms with Crippen molar-refractivity contribution in [1.29, 1.82) is 0 Å². The quantitative estimate of drug-likeness (QED) is 0.424. The van der Waals surface area contributed by atoms with Crippen LogP contribution in [-0.2, 0) is 0 Å². The molecule has 4 atom stereocenters. The molecule has 0 aliphatic carbocycles. The first-order valence-corrected chi connectivity index (χ1v) is 8.45. The van der Waals surface area contributed by atoms with Gasteiger partial charge in [0.05, 0.1) is 6.04 Å². The van der Waals surface area contributed by atoms with Gasteiger partial charge in [0.2, 0.25) is 0 Å². The van der Waals surface area contributed by atoms with Crippen molar-refractivity contribution in [3.8, 4) is 0 Å². The Hall–Kier alpha value is -0.400. The van der Waals surface area contributed by atoms with E-state index in [1.807, 2.05) is 6.92 Å². The van der Waals surface area contributed by atoms with Crippen LogP contribution in [0.1, 0.15) is 87.5 Å². The number of hydrogen-bond acceptors (Lipinski definition) is 2. The molecule has 0 fully saturated rings. The van der Waals surface area contributed by atoms with E-state index in [1.54, 1.807) is 0 Å². The Kier molecular flexibility index (Phi) is 7.98. The fourth-order valence-corrected chi connectivity index (χ4v) is 3.05. The van der Waals surface area contributed by atoms with Gasteiger partial charge in [-0.1, -0.05) is 72.9 Å². The van der Waals surface area contributed by atoms with Crippen LogP contribution in [0.5, 0.6) is 0 Å². The third kappa shape index (κ3) is 5.54. The second-order valence-corrected chi connectivity index (χ2v) is 7.93. The van der Waals surface area contributed by atoms with Crippen molar-refractivity contribution in [3.63, 3.8) is 0 Å².